The van der Waals surface area contributed by atoms with Gasteiger partial charge >= 0.3 is 5.97 Å². The lowest BCUT2D eigenvalue weighted by molar-refractivity contribution is -0.146. The van der Waals surface area contributed by atoms with Crippen molar-refractivity contribution in [2.24, 2.45) is 0 Å². The third-order valence-corrected chi connectivity index (χ3v) is 2.54. The van der Waals surface area contributed by atoms with Gasteiger partial charge in [0.25, 0.3) is 0 Å². The summed E-state index contributed by atoms with van der Waals surface area (Å²) in [6.45, 7) is 0. The minimum Gasteiger partial charge on any atom is -0.479 e. The molecule has 1 aromatic carbocycles. The van der Waals surface area contributed by atoms with Crippen LogP contribution in [0.15, 0.2) is 18.2 Å². The molecule has 1 atom stereocenters. The summed E-state index contributed by atoms with van der Waals surface area (Å²) in [6.07, 6.45) is -1.87. The number of aliphatic carboxylic acids is 1. The minimum absolute atomic E-state index is 0.0282. The first kappa shape index (κ1) is 14.2. The van der Waals surface area contributed by atoms with E-state index in [1.54, 1.807) is 6.07 Å². The van der Waals surface area contributed by atoms with Gasteiger partial charge in [0.1, 0.15) is 0 Å². The molecule has 2 N–H and O–H groups in total. The first-order valence-corrected chi connectivity index (χ1v) is 5.59. The summed E-state index contributed by atoms with van der Waals surface area (Å²) >= 11 is 5.45. The van der Waals surface area contributed by atoms with Crippen LogP contribution in [0.1, 0.15) is 34.0 Å². The maximum Gasteiger partial charge on any atom is 0.337 e. The average molecular weight is 268 g/mol. The number of ketones is 1. The second-order valence-corrected chi connectivity index (χ2v) is 3.86. The summed E-state index contributed by atoms with van der Waals surface area (Å²) in [4.78, 5) is 22.6. The van der Waals surface area contributed by atoms with Gasteiger partial charge in [0.05, 0.1) is 11.6 Å². The molecule has 0 aliphatic carbocycles. The number of halogens is 1. The van der Waals surface area contributed by atoms with E-state index in [0.29, 0.717) is 0 Å². The number of carbonyl (C=O) groups is 2. The second kappa shape index (κ2) is 6.15. The summed E-state index contributed by atoms with van der Waals surface area (Å²) in [7, 11) is 0. The molecule has 0 aliphatic heterocycles. The van der Waals surface area contributed by atoms with Crippen LogP contribution in [0, 0.1) is 11.3 Å². The van der Waals surface area contributed by atoms with E-state index >= 15 is 0 Å². The van der Waals surface area contributed by atoms with Gasteiger partial charge < -0.3 is 10.2 Å². The van der Waals surface area contributed by atoms with Crippen LogP contribution < -0.4 is 0 Å². The Bertz CT molecular complexity index is 521. The number of rotatable bonds is 5. The molecule has 0 saturated heterocycles. The molecule has 0 heterocycles. The summed E-state index contributed by atoms with van der Waals surface area (Å²) in [5, 5.41) is 27.2. The zero-order chi connectivity index (χ0) is 13.7. The number of hydrogen-bond acceptors (Lipinski definition) is 4. The van der Waals surface area contributed by atoms with Gasteiger partial charge in [-0.15, -0.1) is 11.6 Å². The average Bonchev–Trinajstić information content (AvgIpc) is 2.36. The van der Waals surface area contributed by atoms with Crippen LogP contribution in [0.3, 0.4) is 0 Å². The Morgan fingerprint density at radius 3 is 2.61 bits per heavy atom. The van der Waals surface area contributed by atoms with E-state index < -0.39 is 17.9 Å². The number of carbonyl (C=O) groups excluding carboxylic acids is 1. The highest BCUT2D eigenvalue weighted by Crippen LogP contribution is 2.23. The molecule has 0 aliphatic rings. The monoisotopic (exact) mass is 267 g/mol. The van der Waals surface area contributed by atoms with Crippen LogP contribution in [0.25, 0.3) is 0 Å². The Balaban J connectivity index is 3.39. The zero-order valence-electron chi connectivity index (χ0n) is 9.26. The molecule has 94 valence electrons. The van der Waals surface area contributed by atoms with E-state index in [1.165, 1.54) is 18.2 Å². The number of Topliss-reactive ketones (excluding diaryl/α,β-unsaturated/α-hetero) is 1. The van der Waals surface area contributed by atoms with Crippen molar-refractivity contribution in [3.05, 3.63) is 34.9 Å². The molecule has 0 radical (unpaired) electrons. The molecule has 1 rings (SSSR count). The SMILES string of the molecule is N#Cc1cccc(C(O)C(=O)O)c1C(=O)CCCl. The van der Waals surface area contributed by atoms with Crippen molar-refractivity contribution in [3.8, 4) is 6.07 Å². The maximum atomic E-state index is 11.8. The molecular weight excluding hydrogens is 258 g/mol. The second-order valence-electron chi connectivity index (χ2n) is 3.48. The molecular formula is C12H10ClNO4. The number of hydrogen-bond donors (Lipinski definition) is 2. The van der Waals surface area contributed by atoms with Crippen molar-refractivity contribution in [1.82, 2.24) is 0 Å². The van der Waals surface area contributed by atoms with E-state index in [4.69, 9.17) is 22.0 Å². The molecule has 1 aromatic rings. The number of nitrogens with zero attached hydrogens (tertiary/aromatic N) is 1. The first-order chi connectivity index (χ1) is 8.52. The van der Waals surface area contributed by atoms with Crippen molar-refractivity contribution in [2.75, 3.05) is 5.88 Å². The molecule has 18 heavy (non-hydrogen) atoms. The molecule has 0 saturated carbocycles. The van der Waals surface area contributed by atoms with Gasteiger partial charge in [-0.2, -0.15) is 5.26 Å². The predicted molar refractivity (Wildman–Crippen MR) is 63.4 cm³/mol. The van der Waals surface area contributed by atoms with Gasteiger partial charge in [0, 0.05) is 23.4 Å². The predicted octanol–water partition coefficient (Wildman–Crippen LogP) is 1.49. The largest absolute Gasteiger partial charge is 0.479 e. The van der Waals surface area contributed by atoms with Crippen molar-refractivity contribution < 1.29 is 19.8 Å². The molecule has 0 aromatic heterocycles. The normalized spacial score (nSPS) is 11.6. The van der Waals surface area contributed by atoms with Gasteiger partial charge in [-0.25, -0.2) is 4.79 Å². The molecule has 6 heteroatoms. The van der Waals surface area contributed by atoms with Gasteiger partial charge in [-0.05, 0) is 6.07 Å². The highest BCUT2D eigenvalue weighted by molar-refractivity contribution is 6.19. The van der Waals surface area contributed by atoms with Crippen molar-refractivity contribution in [2.45, 2.75) is 12.5 Å². The van der Waals surface area contributed by atoms with Crippen LogP contribution in [0.2, 0.25) is 0 Å². The lowest BCUT2D eigenvalue weighted by atomic mass is 9.93. The van der Waals surface area contributed by atoms with E-state index in [1.807, 2.05) is 0 Å². The van der Waals surface area contributed by atoms with Gasteiger partial charge in [-0.3, -0.25) is 4.79 Å². The standard InChI is InChI=1S/C12H10ClNO4/c13-5-4-9(15)10-7(6-14)2-1-3-8(10)11(16)12(17)18/h1-3,11,16H,4-5H2,(H,17,18). The highest BCUT2D eigenvalue weighted by atomic mass is 35.5. The molecule has 5 nitrogen and oxygen atoms in total. The Hall–Kier alpha value is -1.90. The number of aliphatic hydroxyl groups excluding tert-OH is 1. The smallest absolute Gasteiger partial charge is 0.337 e. The maximum absolute atomic E-state index is 11.8. The molecule has 0 amide bonds. The molecule has 1 unspecified atom stereocenters. The fourth-order valence-electron chi connectivity index (χ4n) is 1.55. The Kier molecular flexibility index (Phi) is 4.84. The van der Waals surface area contributed by atoms with Gasteiger partial charge in [-0.1, -0.05) is 12.1 Å². The number of aliphatic hydroxyl groups is 1. The van der Waals surface area contributed by atoms with Crippen molar-refractivity contribution >= 4 is 23.4 Å². The summed E-state index contributed by atoms with van der Waals surface area (Å²) in [5.41, 5.74) is -0.130. The van der Waals surface area contributed by atoms with Gasteiger partial charge in [0.15, 0.2) is 11.9 Å². The van der Waals surface area contributed by atoms with E-state index in [2.05, 4.69) is 0 Å². The lowest BCUT2D eigenvalue weighted by Gasteiger charge is -2.12. The van der Waals surface area contributed by atoms with Crippen LogP contribution in [0.5, 0.6) is 0 Å². The molecule has 0 fully saturated rings. The highest BCUT2D eigenvalue weighted by Gasteiger charge is 2.24. The van der Waals surface area contributed by atoms with Gasteiger partial charge in [0.2, 0.25) is 0 Å². The molecule has 0 spiro atoms. The lowest BCUT2D eigenvalue weighted by Crippen LogP contribution is -2.16. The zero-order valence-corrected chi connectivity index (χ0v) is 10.0. The number of alkyl halides is 1. The van der Waals surface area contributed by atoms with E-state index in [-0.39, 0.29) is 29.0 Å². The number of carboxylic acid groups (broad SMARTS) is 1. The van der Waals surface area contributed by atoms with Crippen LogP contribution in [-0.4, -0.2) is 27.8 Å². The topological polar surface area (TPSA) is 98.4 Å². The quantitative estimate of drug-likeness (QED) is 0.622. The summed E-state index contributed by atoms with van der Waals surface area (Å²) in [6, 6.07) is 5.91. The molecule has 0 bridgehead atoms. The Morgan fingerprint density at radius 2 is 2.11 bits per heavy atom. The van der Waals surface area contributed by atoms with Crippen molar-refractivity contribution in [1.29, 1.82) is 5.26 Å². The summed E-state index contributed by atoms with van der Waals surface area (Å²) < 4.78 is 0. The van der Waals surface area contributed by atoms with E-state index in [0.717, 1.165) is 0 Å². The minimum atomic E-state index is -1.84. The van der Waals surface area contributed by atoms with Crippen LogP contribution >= 0.6 is 11.6 Å². The first-order valence-electron chi connectivity index (χ1n) is 5.06. The number of carboxylic acids is 1. The summed E-state index contributed by atoms with van der Waals surface area (Å²) in [5.74, 6) is -1.89. The van der Waals surface area contributed by atoms with Crippen LogP contribution in [-0.2, 0) is 4.79 Å². The fraction of sp³-hybridized carbons (Fsp3) is 0.250. The van der Waals surface area contributed by atoms with Crippen LogP contribution in [0.4, 0.5) is 0 Å². The van der Waals surface area contributed by atoms with Crippen molar-refractivity contribution in [3.63, 3.8) is 0 Å². The third kappa shape index (κ3) is 2.86. The number of nitriles is 1. The Labute approximate surface area is 108 Å². The van der Waals surface area contributed by atoms with E-state index in [9.17, 15) is 14.7 Å². The fourth-order valence-corrected chi connectivity index (χ4v) is 1.72. The number of benzene rings is 1. The Morgan fingerprint density at radius 1 is 1.44 bits per heavy atom. The third-order valence-electron chi connectivity index (χ3n) is 2.35.